The van der Waals surface area contributed by atoms with Crippen molar-refractivity contribution in [1.82, 2.24) is 9.21 Å². The molecule has 2 amide bonds. The van der Waals surface area contributed by atoms with Gasteiger partial charge in [0.25, 0.3) is 5.91 Å². The molecule has 0 atom stereocenters. The molecule has 0 radical (unpaired) electrons. The van der Waals surface area contributed by atoms with E-state index >= 15 is 0 Å². The molecule has 0 aromatic heterocycles. The molecule has 0 unspecified atom stereocenters. The highest BCUT2D eigenvalue weighted by Crippen LogP contribution is 2.25. The van der Waals surface area contributed by atoms with Crippen LogP contribution >= 0.6 is 0 Å². The van der Waals surface area contributed by atoms with Crippen LogP contribution in [0.3, 0.4) is 0 Å². The normalized spacial score (nSPS) is 18.1. The lowest BCUT2D eigenvalue weighted by Gasteiger charge is -2.34. The average Bonchev–Trinajstić information content (AvgIpc) is 3.20. The zero-order valence-corrected chi connectivity index (χ0v) is 17.1. The lowest BCUT2D eigenvalue weighted by molar-refractivity contribution is -0.117. The van der Waals surface area contributed by atoms with E-state index in [4.69, 9.17) is 0 Å². The minimum atomic E-state index is -3.69. The Kier molecular flexibility index (Phi) is 5.57. The third-order valence-corrected chi connectivity index (χ3v) is 7.39. The first-order valence-corrected chi connectivity index (χ1v) is 11.3. The zero-order valence-electron chi connectivity index (χ0n) is 16.3. The van der Waals surface area contributed by atoms with E-state index in [1.807, 2.05) is 0 Å². The number of anilines is 1. The van der Waals surface area contributed by atoms with Gasteiger partial charge in [-0.1, -0.05) is 0 Å². The van der Waals surface area contributed by atoms with Crippen LogP contribution in [-0.2, 0) is 14.8 Å². The molecule has 2 aliphatic heterocycles. The zero-order chi connectivity index (χ0) is 21.3. The molecule has 0 bridgehead atoms. The molecule has 2 fully saturated rings. The number of hydrogen-bond donors (Lipinski definition) is 0. The summed E-state index contributed by atoms with van der Waals surface area (Å²) < 4.78 is 40.3. The number of nitrogens with zero attached hydrogens (tertiary/aromatic N) is 3. The fraction of sp³-hybridized carbons (Fsp3) is 0.333. The van der Waals surface area contributed by atoms with Gasteiger partial charge in [-0.05, 0) is 55.0 Å². The van der Waals surface area contributed by atoms with Crippen LogP contribution in [0.15, 0.2) is 53.4 Å². The summed E-state index contributed by atoms with van der Waals surface area (Å²) in [5, 5.41) is 0. The quantitative estimate of drug-likeness (QED) is 0.743. The molecule has 7 nitrogen and oxygen atoms in total. The summed E-state index contributed by atoms with van der Waals surface area (Å²) in [7, 11) is -3.69. The SMILES string of the molecule is O=C(c1ccc(F)cc1)N1CCN(S(=O)(=O)c2ccc(N3CCCC3=O)cc2)CC1. The monoisotopic (exact) mass is 431 g/mol. The van der Waals surface area contributed by atoms with E-state index in [-0.39, 0.29) is 42.9 Å². The van der Waals surface area contributed by atoms with Crippen LogP contribution in [0.25, 0.3) is 0 Å². The van der Waals surface area contributed by atoms with Gasteiger partial charge in [0.2, 0.25) is 15.9 Å². The predicted octanol–water partition coefficient (Wildman–Crippen LogP) is 2.10. The summed E-state index contributed by atoms with van der Waals surface area (Å²) in [6.07, 6.45) is 1.32. The highest BCUT2D eigenvalue weighted by molar-refractivity contribution is 7.89. The number of carbonyl (C=O) groups is 2. The van der Waals surface area contributed by atoms with Gasteiger partial charge in [-0.15, -0.1) is 0 Å². The smallest absolute Gasteiger partial charge is 0.253 e. The number of amides is 2. The van der Waals surface area contributed by atoms with E-state index in [1.54, 1.807) is 21.9 Å². The highest BCUT2D eigenvalue weighted by atomic mass is 32.2. The Labute approximate surface area is 174 Å². The number of rotatable bonds is 4. The first kappa shape index (κ1) is 20.5. The Morgan fingerprint density at radius 2 is 1.50 bits per heavy atom. The minimum absolute atomic E-state index is 0.0487. The second-order valence-electron chi connectivity index (χ2n) is 7.35. The van der Waals surface area contributed by atoms with Crippen LogP contribution < -0.4 is 4.90 Å². The van der Waals surface area contributed by atoms with E-state index in [2.05, 4.69) is 0 Å². The van der Waals surface area contributed by atoms with E-state index in [0.29, 0.717) is 24.2 Å². The van der Waals surface area contributed by atoms with Gasteiger partial charge < -0.3 is 9.80 Å². The fourth-order valence-corrected chi connectivity index (χ4v) is 5.20. The van der Waals surface area contributed by atoms with Crippen molar-refractivity contribution in [3.8, 4) is 0 Å². The molecule has 0 saturated carbocycles. The van der Waals surface area contributed by atoms with Gasteiger partial charge in [-0.3, -0.25) is 9.59 Å². The van der Waals surface area contributed by atoms with Crippen LogP contribution in [0.2, 0.25) is 0 Å². The molecule has 2 heterocycles. The van der Waals surface area contributed by atoms with Crippen LogP contribution in [0.4, 0.5) is 10.1 Å². The second kappa shape index (κ2) is 8.16. The molecule has 30 heavy (non-hydrogen) atoms. The van der Waals surface area contributed by atoms with Gasteiger partial charge in [0.15, 0.2) is 0 Å². The van der Waals surface area contributed by atoms with Crippen molar-refractivity contribution in [2.45, 2.75) is 17.7 Å². The number of piperazine rings is 1. The number of carbonyl (C=O) groups excluding carboxylic acids is 2. The van der Waals surface area contributed by atoms with Crippen molar-refractivity contribution >= 4 is 27.5 Å². The molecule has 4 rings (SSSR count). The number of halogens is 1. The summed E-state index contributed by atoms with van der Waals surface area (Å²) in [5.74, 6) is -0.609. The average molecular weight is 431 g/mol. The predicted molar refractivity (Wildman–Crippen MR) is 109 cm³/mol. The Morgan fingerprint density at radius 3 is 2.07 bits per heavy atom. The second-order valence-corrected chi connectivity index (χ2v) is 9.28. The summed E-state index contributed by atoms with van der Waals surface area (Å²) in [4.78, 5) is 27.8. The van der Waals surface area contributed by atoms with Crippen molar-refractivity contribution in [3.63, 3.8) is 0 Å². The highest BCUT2D eigenvalue weighted by Gasteiger charge is 2.31. The lowest BCUT2D eigenvalue weighted by Crippen LogP contribution is -2.50. The van der Waals surface area contributed by atoms with Crippen molar-refractivity contribution in [1.29, 1.82) is 0 Å². The van der Waals surface area contributed by atoms with Gasteiger partial charge in [-0.2, -0.15) is 4.31 Å². The fourth-order valence-electron chi connectivity index (χ4n) is 3.77. The summed E-state index contributed by atoms with van der Waals surface area (Å²) in [5.41, 5.74) is 1.07. The van der Waals surface area contributed by atoms with E-state index in [1.165, 1.54) is 40.7 Å². The molecule has 2 saturated heterocycles. The van der Waals surface area contributed by atoms with Crippen molar-refractivity contribution < 1.29 is 22.4 Å². The third-order valence-electron chi connectivity index (χ3n) is 5.48. The Morgan fingerprint density at radius 1 is 0.867 bits per heavy atom. The van der Waals surface area contributed by atoms with Crippen molar-refractivity contribution in [2.75, 3.05) is 37.6 Å². The third kappa shape index (κ3) is 3.95. The first-order valence-electron chi connectivity index (χ1n) is 9.82. The molecule has 2 aliphatic rings. The van der Waals surface area contributed by atoms with Gasteiger partial charge in [0.1, 0.15) is 5.82 Å². The van der Waals surface area contributed by atoms with E-state index in [9.17, 15) is 22.4 Å². The van der Waals surface area contributed by atoms with Crippen molar-refractivity contribution in [2.24, 2.45) is 0 Å². The Bertz CT molecular complexity index is 1050. The van der Waals surface area contributed by atoms with E-state index < -0.39 is 15.8 Å². The maximum atomic E-state index is 13.1. The molecule has 158 valence electrons. The molecule has 2 aromatic rings. The molecular weight excluding hydrogens is 409 g/mol. The van der Waals surface area contributed by atoms with Gasteiger partial charge >= 0.3 is 0 Å². The standard InChI is InChI=1S/C21H22FN3O4S/c22-17-5-3-16(4-6-17)21(27)23-12-14-24(15-13-23)30(28,29)19-9-7-18(8-10-19)25-11-1-2-20(25)26/h3-10H,1-2,11-15H2. The molecule has 0 spiro atoms. The Hall–Kier alpha value is -2.78. The van der Waals surface area contributed by atoms with Crippen molar-refractivity contribution in [3.05, 3.63) is 59.9 Å². The largest absolute Gasteiger partial charge is 0.336 e. The van der Waals surface area contributed by atoms with Gasteiger partial charge in [-0.25, -0.2) is 12.8 Å². The molecule has 0 N–H and O–H groups in total. The summed E-state index contributed by atoms with van der Waals surface area (Å²) in [6, 6.07) is 11.7. The minimum Gasteiger partial charge on any atom is -0.336 e. The molecule has 9 heteroatoms. The number of hydrogen-bond acceptors (Lipinski definition) is 4. The maximum Gasteiger partial charge on any atom is 0.253 e. The van der Waals surface area contributed by atoms with Crippen LogP contribution in [0, 0.1) is 5.82 Å². The summed E-state index contributed by atoms with van der Waals surface area (Å²) in [6.45, 7) is 1.53. The molecule has 0 aliphatic carbocycles. The Balaban J connectivity index is 1.41. The molecular formula is C21H22FN3O4S. The lowest BCUT2D eigenvalue weighted by atomic mass is 10.2. The van der Waals surface area contributed by atoms with Crippen LogP contribution in [-0.4, -0.2) is 62.2 Å². The van der Waals surface area contributed by atoms with Gasteiger partial charge in [0, 0.05) is 50.4 Å². The number of benzene rings is 2. The van der Waals surface area contributed by atoms with Gasteiger partial charge in [0.05, 0.1) is 4.90 Å². The number of sulfonamides is 1. The first-order chi connectivity index (χ1) is 14.4. The van der Waals surface area contributed by atoms with E-state index in [0.717, 1.165) is 6.42 Å². The summed E-state index contributed by atoms with van der Waals surface area (Å²) >= 11 is 0. The molecule has 2 aromatic carbocycles. The van der Waals surface area contributed by atoms with Crippen LogP contribution in [0.1, 0.15) is 23.2 Å². The van der Waals surface area contributed by atoms with Crippen LogP contribution in [0.5, 0.6) is 0 Å². The topological polar surface area (TPSA) is 78.0 Å². The maximum absolute atomic E-state index is 13.1.